The van der Waals surface area contributed by atoms with E-state index < -0.39 is 0 Å². The fourth-order valence-electron chi connectivity index (χ4n) is 3.21. The maximum absolute atomic E-state index is 4.82. The molecule has 4 nitrogen and oxygen atoms in total. The summed E-state index contributed by atoms with van der Waals surface area (Å²) in [6, 6.07) is 12.7. The second kappa shape index (κ2) is 5.54. The number of piperidine rings is 1. The van der Waals surface area contributed by atoms with E-state index in [0.717, 1.165) is 30.0 Å². The molecule has 1 fully saturated rings. The molecule has 22 heavy (non-hydrogen) atoms. The van der Waals surface area contributed by atoms with Gasteiger partial charge in [0.1, 0.15) is 0 Å². The number of aromatic nitrogens is 3. The third-order valence-electron chi connectivity index (χ3n) is 4.49. The van der Waals surface area contributed by atoms with E-state index >= 15 is 0 Å². The topological polar surface area (TPSA) is 42.2 Å². The van der Waals surface area contributed by atoms with Crippen LogP contribution in [0, 0.1) is 6.92 Å². The molecule has 3 heterocycles. The number of nitrogens with one attached hydrogen (secondary N) is 1. The molecule has 0 radical (unpaired) electrons. The van der Waals surface area contributed by atoms with Gasteiger partial charge in [-0.15, -0.1) is 0 Å². The average molecular weight is 292 g/mol. The van der Waals surface area contributed by atoms with Crippen molar-refractivity contribution < 1.29 is 0 Å². The second-order valence-electron chi connectivity index (χ2n) is 6.06. The lowest BCUT2D eigenvalue weighted by Gasteiger charge is -2.23. The molecule has 1 saturated heterocycles. The molecule has 0 spiro atoms. The second-order valence-corrected chi connectivity index (χ2v) is 6.06. The highest BCUT2D eigenvalue weighted by molar-refractivity contribution is 5.64. The summed E-state index contributed by atoms with van der Waals surface area (Å²) >= 11 is 0. The Morgan fingerprint density at radius 2 is 1.86 bits per heavy atom. The maximum atomic E-state index is 4.82. The molecule has 0 bridgehead atoms. The lowest BCUT2D eigenvalue weighted by Crippen LogP contribution is -2.27. The summed E-state index contributed by atoms with van der Waals surface area (Å²) in [7, 11) is 0. The Labute approximate surface area is 130 Å². The van der Waals surface area contributed by atoms with Crippen molar-refractivity contribution in [3.63, 3.8) is 0 Å². The number of hydrogen-bond acceptors (Lipinski definition) is 3. The monoisotopic (exact) mass is 292 g/mol. The zero-order chi connectivity index (χ0) is 14.9. The largest absolute Gasteiger partial charge is 0.317 e. The Morgan fingerprint density at radius 3 is 2.64 bits per heavy atom. The van der Waals surface area contributed by atoms with Gasteiger partial charge in [-0.05, 0) is 38.9 Å². The van der Waals surface area contributed by atoms with Gasteiger partial charge in [0.15, 0.2) is 5.65 Å². The number of hydrogen-bond donors (Lipinski definition) is 1. The highest BCUT2D eigenvalue weighted by Gasteiger charge is 2.19. The molecule has 1 N–H and O–H groups in total. The van der Waals surface area contributed by atoms with Crippen LogP contribution in [0.2, 0.25) is 0 Å². The Kier molecular flexibility index (Phi) is 3.39. The number of aryl methyl sites for hydroxylation is 1. The number of fused-ring (bicyclic) bond motifs is 1. The molecule has 2 aromatic heterocycles. The van der Waals surface area contributed by atoms with Gasteiger partial charge in [-0.3, -0.25) is 0 Å². The summed E-state index contributed by atoms with van der Waals surface area (Å²) < 4.78 is 2.03. The predicted molar refractivity (Wildman–Crippen MR) is 88.0 cm³/mol. The molecule has 112 valence electrons. The molecule has 1 aliphatic rings. The van der Waals surface area contributed by atoms with Gasteiger partial charge in [-0.1, -0.05) is 29.8 Å². The van der Waals surface area contributed by atoms with Crippen LogP contribution < -0.4 is 5.32 Å². The first-order valence-corrected chi connectivity index (χ1v) is 7.94. The van der Waals surface area contributed by atoms with Crippen LogP contribution >= 0.6 is 0 Å². The van der Waals surface area contributed by atoms with Crippen LogP contribution in [0.4, 0.5) is 0 Å². The molecule has 1 aliphatic heterocycles. The lowest BCUT2D eigenvalue weighted by molar-refractivity contribution is 0.447. The van der Waals surface area contributed by atoms with Crippen LogP contribution in [-0.2, 0) is 0 Å². The van der Waals surface area contributed by atoms with Crippen molar-refractivity contribution in [3.8, 4) is 11.3 Å². The summed E-state index contributed by atoms with van der Waals surface area (Å²) in [4.78, 5) is 4.49. The van der Waals surface area contributed by atoms with Crippen LogP contribution in [-0.4, -0.2) is 27.7 Å². The minimum atomic E-state index is 0.567. The van der Waals surface area contributed by atoms with Gasteiger partial charge >= 0.3 is 0 Å². The SMILES string of the molecule is Cc1ccc(-c2cc3nccc(C4CCNCC4)n3n2)cc1. The Hall–Kier alpha value is -2.20. The van der Waals surface area contributed by atoms with Gasteiger partial charge < -0.3 is 5.32 Å². The molecule has 4 heteroatoms. The molecule has 0 unspecified atom stereocenters. The molecule has 0 atom stereocenters. The van der Waals surface area contributed by atoms with E-state index in [1.54, 1.807) is 0 Å². The number of rotatable bonds is 2. The first kappa shape index (κ1) is 13.5. The summed E-state index contributed by atoms with van der Waals surface area (Å²) in [5, 5.41) is 8.25. The van der Waals surface area contributed by atoms with Crippen LogP contribution in [0.3, 0.4) is 0 Å². The van der Waals surface area contributed by atoms with E-state index in [1.165, 1.54) is 24.1 Å². The third-order valence-corrected chi connectivity index (χ3v) is 4.49. The summed E-state index contributed by atoms with van der Waals surface area (Å²) in [5.74, 6) is 0.567. The highest BCUT2D eigenvalue weighted by atomic mass is 15.3. The molecular weight excluding hydrogens is 272 g/mol. The fourth-order valence-corrected chi connectivity index (χ4v) is 3.21. The van der Waals surface area contributed by atoms with E-state index in [0.29, 0.717) is 5.92 Å². The van der Waals surface area contributed by atoms with Crippen molar-refractivity contribution in [1.29, 1.82) is 0 Å². The van der Waals surface area contributed by atoms with Crippen LogP contribution in [0.15, 0.2) is 42.6 Å². The minimum absolute atomic E-state index is 0.567. The van der Waals surface area contributed by atoms with Gasteiger partial charge in [0.2, 0.25) is 0 Å². The number of benzene rings is 1. The van der Waals surface area contributed by atoms with Gasteiger partial charge in [-0.25, -0.2) is 9.50 Å². The predicted octanol–water partition coefficient (Wildman–Crippen LogP) is 3.17. The van der Waals surface area contributed by atoms with Crippen molar-refractivity contribution in [3.05, 3.63) is 53.9 Å². The maximum Gasteiger partial charge on any atom is 0.155 e. The van der Waals surface area contributed by atoms with Crippen LogP contribution in [0.25, 0.3) is 16.9 Å². The molecule has 1 aromatic carbocycles. The Balaban J connectivity index is 1.78. The quantitative estimate of drug-likeness (QED) is 0.789. The van der Waals surface area contributed by atoms with Crippen molar-refractivity contribution in [1.82, 2.24) is 19.9 Å². The molecule has 0 aliphatic carbocycles. The fraction of sp³-hybridized carbons (Fsp3) is 0.333. The Bertz CT molecular complexity index is 782. The lowest BCUT2D eigenvalue weighted by atomic mass is 9.94. The molecule has 0 amide bonds. The van der Waals surface area contributed by atoms with Gasteiger partial charge in [0.25, 0.3) is 0 Å². The van der Waals surface area contributed by atoms with Gasteiger partial charge in [0.05, 0.1) is 5.69 Å². The summed E-state index contributed by atoms with van der Waals surface area (Å²) in [6.07, 6.45) is 4.24. The molecule has 0 saturated carbocycles. The van der Waals surface area contributed by atoms with E-state index in [4.69, 9.17) is 5.10 Å². The Morgan fingerprint density at radius 1 is 1.09 bits per heavy atom. The number of nitrogens with zero attached hydrogens (tertiary/aromatic N) is 3. The highest BCUT2D eigenvalue weighted by Crippen LogP contribution is 2.27. The standard InChI is InChI=1S/C18H20N4/c1-13-2-4-14(5-3-13)16-12-18-20-11-8-17(22(18)21-16)15-6-9-19-10-7-15/h2-5,8,11-12,15,19H,6-7,9-10H2,1H3. The zero-order valence-corrected chi connectivity index (χ0v) is 12.8. The van der Waals surface area contributed by atoms with Crippen LogP contribution in [0.5, 0.6) is 0 Å². The molecular formula is C18H20N4. The van der Waals surface area contributed by atoms with Crippen molar-refractivity contribution in [2.75, 3.05) is 13.1 Å². The van der Waals surface area contributed by atoms with Gasteiger partial charge in [0, 0.05) is 29.4 Å². The van der Waals surface area contributed by atoms with E-state index in [2.05, 4.69) is 53.6 Å². The summed E-state index contributed by atoms with van der Waals surface area (Å²) in [6.45, 7) is 4.27. The molecule has 3 aromatic rings. The average Bonchev–Trinajstić information content (AvgIpc) is 3.00. The minimum Gasteiger partial charge on any atom is -0.317 e. The first-order valence-electron chi connectivity index (χ1n) is 7.94. The van der Waals surface area contributed by atoms with Crippen molar-refractivity contribution >= 4 is 5.65 Å². The van der Waals surface area contributed by atoms with Gasteiger partial charge in [-0.2, -0.15) is 5.10 Å². The van der Waals surface area contributed by atoms with E-state index in [1.807, 2.05) is 10.7 Å². The first-order chi connectivity index (χ1) is 10.8. The van der Waals surface area contributed by atoms with Crippen molar-refractivity contribution in [2.24, 2.45) is 0 Å². The van der Waals surface area contributed by atoms with E-state index in [-0.39, 0.29) is 0 Å². The summed E-state index contributed by atoms with van der Waals surface area (Å²) in [5.41, 5.74) is 5.62. The normalized spacial score (nSPS) is 16.2. The van der Waals surface area contributed by atoms with E-state index in [9.17, 15) is 0 Å². The smallest absolute Gasteiger partial charge is 0.155 e. The zero-order valence-electron chi connectivity index (χ0n) is 12.8. The third kappa shape index (κ3) is 2.40. The molecule has 4 rings (SSSR count). The van der Waals surface area contributed by atoms with Crippen molar-refractivity contribution in [2.45, 2.75) is 25.7 Å². The van der Waals surface area contributed by atoms with Crippen LogP contribution in [0.1, 0.15) is 30.0 Å².